The molecule has 104 valence electrons. The largest absolute Gasteiger partial charge is 0.497 e. The van der Waals surface area contributed by atoms with Gasteiger partial charge in [-0.2, -0.15) is 0 Å². The van der Waals surface area contributed by atoms with Crippen LogP contribution in [0.4, 0.5) is 0 Å². The molecule has 1 N–H and O–H groups in total. The van der Waals surface area contributed by atoms with E-state index in [1.165, 1.54) is 0 Å². The number of carbonyl (C=O) groups is 1. The molecular weight excluding hydrogens is 274 g/mol. The van der Waals surface area contributed by atoms with Crippen LogP contribution in [-0.4, -0.2) is 13.0 Å². The fraction of sp³-hybridized carbons (Fsp3) is 0.188. The number of methoxy groups -OCH3 is 1. The number of halogens is 1. The van der Waals surface area contributed by atoms with Crippen molar-refractivity contribution in [2.45, 2.75) is 13.0 Å². The predicted octanol–water partition coefficient (Wildman–Crippen LogP) is 3.84. The van der Waals surface area contributed by atoms with Crippen LogP contribution in [0.1, 0.15) is 28.9 Å². The van der Waals surface area contributed by atoms with Gasteiger partial charge in [0.15, 0.2) is 0 Å². The van der Waals surface area contributed by atoms with Crippen LogP contribution in [0.15, 0.2) is 48.5 Å². The van der Waals surface area contributed by atoms with E-state index in [4.69, 9.17) is 16.3 Å². The molecule has 0 bridgehead atoms. The van der Waals surface area contributed by atoms with Crippen LogP contribution in [0.5, 0.6) is 5.75 Å². The Labute approximate surface area is 123 Å². The number of rotatable bonds is 4. The first-order valence-corrected chi connectivity index (χ1v) is 6.69. The molecule has 2 aromatic carbocycles. The third kappa shape index (κ3) is 3.31. The summed E-state index contributed by atoms with van der Waals surface area (Å²) in [6.45, 7) is 1.93. The van der Waals surface area contributed by atoms with E-state index in [1.807, 2.05) is 31.2 Å². The summed E-state index contributed by atoms with van der Waals surface area (Å²) in [5, 5.41) is 3.38. The molecule has 0 aliphatic rings. The number of carbonyl (C=O) groups excluding carboxylic acids is 1. The van der Waals surface area contributed by atoms with Gasteiger partial charge in [0, 0.05) is 0 Å². The van der Waals surface area contributed by atoms with Crippen LogP contribution in [0.3, 0.4) is 0 Å². The van der Waals surface area contributed by atoms with Crippen LogP contribution in [0.25, 0.3) is 0 Å². The van der Waals surface area contributed by atoms with E-state index < -0.39 is 0 Å². The van der Waals surface area contributed by atoms with Crippen molar-refractivity contribution in [3.05, 3.63) is 64.7 Å². The van der Waals surface area contributed by atoms with Crippen LogP contribution < -0.4 is 10.1 Å². The van der Waals surface area contributed by atoms with Crippen molar-refractivity contribution in [2.24, 2.45) is 0 Å². The van der Waals surface area contributed by atoms with Crippen LogP contribution in [0, 0.1) is 0 Å². The number of nitrogens with one attached hydrogen (secondary N) is 1. The van der Waals surface area contributed by atoms with Crippen molar-refractivity contribution in [1.82, 2.24) is 5.32 Å². The molecule has 1 unspecified atom stereocenters. The van der Waals surface area contributed by atoms with Gasteiger partial charge in [-0.25, -0.2) is 0 Å². The molecule has 0 aromatic heterocycles. The van der Waals surface area contributed by atoms with Gasteiger partial charge in [0.05, 0.1) is 23.7 Å². The quantitative estimate of drug-likeness (QED) is 0.929. The highest BCUT2D eigenvalue weighted by Gasteiger charge is 2.13. The Balaban J connectivity index is 2.09. The lowest BCUT2D eigenvalue weighted by atomic mass is 10.1. The van der Waals surface area contributed by atoms with E-state index >= 15 is 0 Å². The fourth-order valence-electron chi connectivity index (χ4n) is 1.90. The highest BCUT2D eigenvalue weighted by atomic mass is 35.5. The number of amides is 1. The lowest BCUT2D eigenvalue weighted by Crippen LogP contribution is -2.26. The number of ether oxygens (including phenoxy) is 1. The summed E-state index contributed by atoms with van der Waals surface area (Å²) in [5.74, 6) is 0.609. The normalized spacial score (nSPS) is 11.8. The topological polar surface area (TPSA) is 38.3 Å². The molecule has 0 spiro atoms. The summed E-state index contributed by atoms with van der Waals surface area (Å²) in [4.78, 5) is 12.2. The Bertz CT molecular complexity index is 596. The van der Waals surface area contributed by atoms with Gasteiger partial charge >= 0.3 is 0 Å². The average Bonchev–Trinajstić information content (AvgIpc) is 2.47. The zero-order chi connectivity index (χ0) is 14.5. The van der Waals surface area contributed by atoms with Crippen LogP contribution in [-0.2, 0) is 0 Å². The maximum Gasteiger partial charge on any atom is 0.253 e. The van der Waals surface area contributed by atoms with Crippen LogP contribution >= 0.6 is 11.6 Å². The summed E-state index contributed by atoms with van der Waals surface area (Å²) in [7, 11) is 1.62. The van der Waals surface area contributed by atoms with E-state index in [0.29, 0.717) is 10.6 Å². The standard InChI is InChI=1S/C16H16ClNO2/c1-11(12-7-9-13(20-2)10-8-12)18-16(19)14-5-3-4-6-15(14)17/h3-11H,1-2H3,(H,18,19). The zero-order valence-corrected chi connectivity index (χ0v) is 12.1. The van der Waals surface area contributed by atoms with Gasteiger partial charge in [-0.05, 0) is 36.8 Å². The van der Waals surface area contributed by atoms with E-state index in [0.717, 1.165) is 11.3 Å². The molecule has 0 aliphatic carbocycles. The maximum absolute atomic E-state index is 12.2. The molecule has 0 saturated carbocycles. The van der Waals surface area contributed by atoms with Crippen molar-refractivity contribution >= 4 is 17.5 Å². The molecule has 0 aliphatic heterocycles. The van der Waals surface area contributed by atoms with Gasteiger partial charge in [-0.15, -0.1) is 0 Å². The smallest absolute Gasteiger partial charge is 0.253 e. The molecule has 2 aromatic rings. The number of hydrogen-bond acceptors (Lipinski definition) is 2. The summed E-state index contributed by atoms with van der Waals surface area (Å²) in [6.07, 6.45) is 0. The van der Waals surface area contributed by atoms with E-state index in [1.54, 1.807) is 31.4 Å². The first-order valence-electron chi connectivity index (χ1n) is 6.31. The average molecular weight is 290 g/mol. The number of benzene rings is 2. The van der Waals surface area contributed by atoms with Gasteiger partial charge in [0.1, 0.15) is 5.75 Å². The van der Waals surface area contributed by atoms with E-state index in [-0.39, 0.29) is 11.9 Å². The number of hydrogen-bond donors (Lipinski definition) is 1. The Morgan fingerprint density at radius 2 is 1.80 bits per heavy atom. The van der Waals surface area contributed by atoms with Gasteiger partial charge < -0.3 is 10.1 Å². The summed E-state index contributed by atoms with van der Waals surface area (Å²) in [5.41, 5.74) is 1.49. The minimum Gasteiger partial charge on any atom is -0.497 e. The molecule has 0 saturated heterocycles. The molecule has 0 radical (unpaired) electrons. The van der Waals surface area contributed by atoms with Crippen molar-refractivity contribution < 1.29 is 9.53 Å². The summed E-state index contributed by atoms with van der Waals surface area (Å²) >= 11 is 6.01. The first-order chi connectivity index (χ1) is 9.61. The first kappa shape index (κ1) is 14.4. The molecular formula is C16H16ClNO2. The highest BCUT2D eigenvalue weighted by molar-refractivity contribution is 6.33. The van der Waals surface area contributed by atoms with Gasteiger partial charge in [0.25, 0.3) is 5.91 Å². The molecule has 1 atom stereocenters. The lowest BCUT2D eigenvalue weighted by Gasteiger charge is -2.15. The van der Waals surface area contributed by atoms with Crippen molar-refractivity contribution in [3.63, 3.8) is 0 Å². The zero-order valence-electron chi connectivity index (χ0n) is 11.4. The summed E-state index contributed by atoms with van der Waals surface area (Å²) in [6, 6.07) is 14.5. The molecule has 1 amide bonds. The second-order valence-corrected chi connectivity index (χ2v) is 4.86. The Morgan fingerprint density at radius 3 is 2.40 bits per heavy atom. The van der Waals surface area contributed by atoms with Crippen LogP contribution in [0.2, 0.25) is 5.02 Å². The van der Waals surface area contributed by atoms with Gasteiger partial charge in [0.2, 0.25) is 0 Å². The third-order valence-corrected chi connectivity index (χ3v) is 3.41. The van der Waals surface area contributed by atoms with Crippen molar-refractivity contribution in [2.75, 3.05) is 7.11 Å². The molecule has 4 heteroatoms. The van der Waals surface area contributed by atoms with E-state index in [2.05, 4.69) is 5.32 Å². The Kier molecular flexibility index (Phi) is 4.64. The Morgan fingerprint density at radius 1 is 1.15 bits per heavy atom. The maximum atomic E-state index is 12.2. The molecule has 0 fully saturated rings. The highest BCUT2D eigenvalue weighted by Crippen LogP contribution is 2.19. The molecule has 3 nitrogen and oxygen atoms in total. The van der Waals surface area contributed by atoms with Crippen molar-refractivity contribution in [1.29, 1.82) is 0 Å². The van der Waals surface area contributed by atoms with Gasteiger partial charge in [-0.3, -0.25) is 4.79 Å². The minimum atomic E-state index is -0.182. The second kappa shape index (κ2) is 6.44. The van der Waals surface area contributed by atoms with Gasteiger partial charge in [-0.1, -0.05) is 35.9 Å². The molecule has 20 heavy (non-hydrogen) atoms. The Hall–Kier alpha value is -2.00. The minimum absolute atomic E-state index is 0.107. The molecule has 2 rings (SSSR count). The van der Waals surface area contributed by atoms with Crippen molar-refractivity contribution in [3.8, 4) is 5.75 Å². The molecule has 0 heterocycles. The predicted molar refractivity (Wildman–Crippen MR) is 80.3 cm³/mol. The summed E-state index contributed by atoms with van der Waals surface area (Å²) < 4.78 is 5.11. The lowest BCUT2D eigenvalue weighted by molar-refractivity contribution is 0.0940. The van der Waals surface area contributed by atoms with E-state index in [9.17, 15) is 4.79 Å². The fourth-order valence-corrected chi connectivity index (χ4v) is 2.12. The second-order valence-electron chi connectivity index (χ2n) is 4.45. The monoisotopic (exact) mass is 289 g/mol. The third-order valence-electron chi connectivity index (χ3n) is 3.08. The SMILES string of the molecule is COc1ccc(C(C)NC(=O)c2ccccc2Cl)cc1.